The van der Waals surface area contributed by atoms with Crippen molar-refractivity contribution in [2.24, 2.45) is 0 Å². The molecule has 0 saturated carbocycles. The van der Waals surface area contributed by atoms with Crippen molar-refractivity contribution >= 4 is 51.2 Å². The highest BCUT2D eigenvalue weighted by atomic mass is 79.9. The van der Waals surface area contributed by atoms with Crippen LogP contribution in [0.1, 0.15) is 26.3 Å². The van der Waals surface area contributed by atoms with Crippen LogP contribution in [0.15, 0.2) is 107 Å². The fourth-order valence-electron chi connectivity index (χ4n) is 4.76. The Morgan fingerprint density at radius 3 is 1.37 bits per heavy atom. The highest BCUT2D eigenvalue weighted by molar-refractivity contribution is 9.10. The zero-order valence-electron chi connectivity index (χ0n) is 25.3. The first-order chi connectivity index (χ1) is 20.1. The summed E-state index contributed by atoms with van der Waals surface area (Å²) in [7, 11) is 2.46. The van der Waals surface area contributed by atoms with Crippen LogP contribution in [0.3, 0.4) is 0 Å². The Balaban J connectivity index is 0.00000506. The summed E-state index contributed by atoms with van der Waals surface area (Å²) < 4.78 is 23.5. The Morgan fingerprint density at radius 1 is 0.674 bits per heavy atom. The molecule has 4 aromatic rings. The first kappa shape index (κ1) is 34.4. The molecule has 8 heteroatoms. The molecule has 0 radical (unpaired) electrons. The zero-order valence-corrected chi connectivity index (χ0v) is 29.3. The van der Waals surface area contributed by atoms with Gasteiger partial charge in [0.1, 0.15) is 52.2 Å². The number of halogens is 2. The summed E-state index contributed by atoms with van der Waals surface area (Å²) in [6.45, 7) is 5.67. The van der Waals surface area contributed by atoms with Gasteiger partial charge in [0.25, 0.3) is 0 Å². The van der Waals surface area contributed by atoms with E-state index in [-0.39, 0.29) is 23.0 Å². The molecule has 0 bridgehead atoms. The summed E-state index contributed by atoms with van der Waals surface area (Å²) in [6, 6.07) is 32.4. The second-order valence-electron chi connectivity index (χ2n) is 10.8. The minimum absolute atomic E-state index is 0. The Morgan fingerprint density at radius 2 is 1.05 bits per heavy atom. The van der Waals surface area contributed by atoms with Crippen molar-refractivity contribution in [2.75, 3.05) is 27.5 Å². The van der Waals surface area contributed by atoms with Crippen molar-refractivity contribution < 1.29 is 40.7 Å². The van der Waals surface area contributed by atoms with Gasteiger partial charge in [0, 0.05) is 4.47 Å². The number of ether oxygens (including phenoxy) is 4. The van der Waals surface area contributed by atoms with Crippen molar-refractivity contribution in [3.8, 4) is 17.2 Å². The molecule has 43 heavy (non-hydrogen) atoms. The van der Waals surface area contributed by atoms with Gasteiger partial charge in [-0.2, -0.15) is 0 Å². The van der Waals surface area contributed by atoms with Crippen LogP contribution in [0.5, 0.6) is 17.2 Å². The topological polar surface area (TPSA) is 54.0 Å². The maximum absolute atomic E-state index is 14.0. The predicted molar refractivity (Wildman–Crippen MR) is 178 cm³/mol. The van der Waals surface area contributed by atoms with Gasteiger partial charge in [-0.15, -0.1) is 0 Å². The molecule has 226 valence electrons. The van der Waals surface area contributed by atoms with Gasteiger partial charge in [0.2, 0.25) is 0 Å². The number of benzene rings is 4. The summed E-state index contributed by atoms with van der Waals surface area (Å²) in [5.74, 6) is 1.95. The van der Waals surface area contributed by atoms with E-state index >= 15 is 0 Å². The molecular weight excluding hydrogens is 691 g/mol. The van der Waals surface area contributed by atoms with Crippen molar-refractivity contribution in [2.45, 2.75) is 26.4 Å². The molecule has 0 spiro atoms. The smallest absolute Gasteiger partial charge is 0.338 e. The quantitative estimate of drug-likeness (QED) is 0.139. The van der Waals surface area contributed by atoms with Gasteiger partial charge >= 0.3 is 5.97 Å². The summed E-state index contributed by atoms with van der Waals surface area (Å²) >= 11 is 3.52. The van der Waals surface area contributed by atoms with Crippen LogP contribution in [0.25, 0.3) is 6.08 Å². The van der Waals surface area contributed by atoms with Crippen LogP contribution in [0.4, 0.5) is 0 Å². The van der Waals surface area contributed by atoms with E-state index in [2.05, 4.69) is 52.3 Å². The van der Waals surface area contributed by atoms with Crippen LogP contribution < -0.4 is 47.1 Å². The highest BCUT2D eigenvalue weighted by Crippen LogP contribution is 2.57. The average molecular weight is 728 g/mol. The molecule has 0 saturated heterocycles. The average Bonchev–Trinajstić information content (AvgIpc) is 2.99. The van der Waals surface area contributed by atoms with Gasteiger partial charge in [-0.25, -0.2) is 4.79 Å². The van der Waals surface area contributed by atoms with E-state index in [1.165, 1.54) is 0 Å². The van der Waals surface area contributed by atoms with E-state index in [0.29, 0.717) is 11.7 Å². The second-order valence-corrected chi connectivity index (χ2v) is 15.2. The third-order valence-electron chi connectivity index (χ3n) is 6.82. The third kappa shape index (κ3) is 8.50. The number of carbonyl (C=O) groups is 1. The van der Waals surface area contributed by atoms with Crippen LogP contribution in [-0.4, -0.2) is 39.1 Å². The number of hydrogen-bond donors (Lipinski definition) is 0. The molecule has 0 amide bonds. The van der Waals surface area contributed by atoms with E-state index in [0.717, 1.165) is 43.2 Å². The van der Waals surface area contributed by atoms with E-state index < -0.39 is 12.9 Å². The zero-order chi connectivity index (χ0) is 30.3. The van der Waals surface area contributed by atoms with Gasteiger partial charge < -0.3 is 35.9 Å². The summed E-state index contributed by atoms with van der Waals surface area (Å²) in [4.78, 5) is 14.0. The third-order valence-corrected chi connectivity index (χ3v) is 11.7. The monoisotopic (exact) mass is 726 g/mol. The van der Waals surface area contributed by atoms with Crippen molar-refractivity contribution in [1.82, 2.24) is 0 Å². The minimum atomic E-state index is -2.51. The summed E-state index contributed by atoms with van der Waals surface area (Å²) in [6.07, 6.45) is 2.38. The number of esters is 1. The van der Waals surface area contributed by atoms with Gasteiger partial charge in [0.15, 0.2) is 0 Å². The van der Waals surface area contributed by atoms with Crippen LogP contribution in [-0.2, 0) is 9.53 Å². The van der Waals surface area contributed by atoms with Gasteiger partial charge in [-0.1, -0.05) is 28.1 Å². The largest absolute Gasteiger partial charge is 1.00 e. The number of rotatable bonds is 10. The molecule has 0 aliphatic heterocycles. The first-order valence-electron chi connectivity index (χ1n) is 13.6. The van der Waals surface area contributed by atoms with Crippen molar-refractivity contribution in [3.05, 3.63) is 113 Å². The van der Waals surface area contributed by atoms with E-state index in [4.69, 9.17) is 18.9 Å². The molecule has 0 atom stereocenters. The lowest BCUT2D eigenvalue weighted by Gasteiger charge is -2.29. The molecule has 0 aromatic heterocycles. The standard InChI is InChI=1S/C35H37BrO5P.BrH/c1-35(2,3)41-34(37)26(23-25-7-9-27(36)10-8-25)24-42(31-17-11-28(38-4)12-18-31,32-19-13-29(39-5)14-20-32)33-21-15-30(40-6)16-22-33;/h7-23H,24H2,1-6H3;1H/q+1;/p-1/b26-23+;. The normalized spacial score (nSPS) is 11.7. The molecule has 4 rings (SSSR count). The molecule has 0 unspecified atom stereocenters. The molecule has 5 nitrogen and oxygen atoms in total. The Bertz CT molecular complexity index is 1390. The number of hydrogen-bond acceptors (Lipinski definition) is 5. The molecular formula is C35H37Br2O5P. The Hall–Kier alpha value is -3.12. The summed E-state index contributed by atoms with van der Waals surface area (Å²) in [5.41, 5.74) is 0.844. The number of methoxy groups -OCH3 is 3. The maximum Gasteiger partial charge on any atom is 0.338 e. The van der Waals surface area contributed by atoms with E-state index in [1.807, 2.05) is 87.5 Å². The fraction of sp³-hybridized carbons (Fsp3) is 0.229. The molecule has 0 N–H and O–H groups in total. The van der Waals surface area contributed by atoms with Crippen LogP contribution >= 0.6 is 23.2 Å². The van der Waals surface area contributed by atoms with E-state index in [1.54, 1.807) is 21.3 Å². The highest BCUT2D eigenvalue weighted by Gasteiger charge is 2.47. The molecule has 0 aliphatic rings. The van der Waals surface area contributed by atoms with Crippen molar-refractivity contribution in [1.29, 1.82) is 0 Å². The maximum atomic E-state index is 14.0. The molecule has 0 aliphatic carbocycles. The van der Waals surface area contributed by atoms with E-state index in [9.17, 15) is 4.79 Å². The fourth-order valence-corrected chi connectivity index (χ4v) is 9.17. The first-order valence-corrected chi connectivity index (χ1v) is 16.4. The molecule has 0 fully saturated rings. The lowest BCUT2D eigenvalue weighted by Crippen LogP contribution is -3.00. The van der Waals surface area contributed by atoms with Crippen LogP contribution in [0, 0.1) is 0 Å². The number of carbonyl (C=O) groups excluding carboxylic acids is 1. The lowest BCUT2D eigenvalue weighted by molar-refractivity contribution is -0.149. The van der Waals surface area contributed by atoms with Crippen molar-refractivity contribution in [3.63, 3.8) is 0 Å². The minimum Gasteiger partial charge on any atom is -1.00 e. The van der Waals surface area contributed by atoms with Crippen LogP contribution in [0.2, 0.25) is 0 Å². The second kappa shape index (κ2) is 15.1. The lowest BCUT2D eigenvalue weighted by atomic mass is 10.1. The summed E-state index contributed by atoms with van der Waals surface area (Å²) in [5, 5.41) is 3.30. The Labute approximate surface area is 274 Å². The molecule has 4 aromatic carbocycles. The predicted octanol–water partition coefficient (Wildman–Crippen LogP) is 4.20. The van der Waals surface area contributed by atoms with Gasteiger partial charge in [0.05, 0.1) is 26.9 Å². The van der Waals surface area contributed by atoms with Gasteiger partial charge in [-0.05, 0) is 117 Å². The SMILES string of the molecule is COc1ccc([P+](C/C(=C\c2ccc(Br)cc2)C(=O)OC(C)(C)C)(c2ccc(OC)cc2)c2ccc(OC)cc2)cc1.[Br-]. The molecule has 0 heterocycles. The Kier molecular flexibility index (Phi) is 12.0. The van der Waals surface area contributed by atoms with Gasteiger partial charge in [-0.3, -0.25) is 0 Å².